The number of Topliss-reactive ketones (excluding diaryl/α,β-unsaturated/α-hetero) is 1. The van der Waals surface area contributed by atoms with Crippen LogP contribution in [0.5, 0.6) is 11.5 Å². The van der Waals surface area contributed by atoms with Crippen LogP contribution in [-0.4, -0.2) is 20.0 Å². The maximum atomic E-state index is 12.4. The summed E-state index contributed by atoms with van der Waals surface area (Å²) in [6.07, 6.45) is 0.286. The summed E-state index contributed by atoms with van der Waals surface area (Å²) >= 11 is 7.27. The van der Waals surface area contributed by atoms with Crippen LogP contribution in [-0.2, 0) is 6.42 Å². The third-order valence-electron chi connectivity index (χ3n) is 2.67. The summed E-state index contributed by atoms with van der Waals surface area (Å²) in [5, 5.41) is 0. The van der Waals surface area contributed by atoms with Crippen LogP contribution in [0.4, 0.5) is 0 Å². The fourth-order valence-electron chi connectivity index (χ4n) is 1.82. The van der Waals surface area contributed by atoms with E-state index in [2.05, 4.69) is 0 Å². The fraction of sp³-hybridized carbons (Fsp3) is 0.214. The second-order valence-electron chi connectivity index (χ2n) is 3.84. The summed E-state index contributed by atoms with van der Waals surface area (Å²) in [7, 11) is 3.07. The Labute approximate surface area is 120 Å². The molecule has 0 unspecified atom stereocenters. The highest BCUT2D eigenvalue weighted by Gasteiger charge is 2.18. The van der Waals surface area contributed by atoms with E-state index in [4.69, 9.17) is 21.1 Å². The van der Waals surface area contributed by atoms with Crippen LogP contribution in [0.3, 0.4) is 0 Å². The number of benzene rings is 1. The predicted octanol–water partition coefficient (Wildman–Crippen LogP) is 3.84. The number of carbonyl (C=O) groups excluding carboxylic acids is 1. The zero-order valence-corrected chi connectivity index (χ0v) is 12.2. The molecule has 0 atom stereocenters. The van der Waals surface area contributed by atoms with E-state index in [1.165, 1.54) is 25.6 Å². The number of hydrogen-bond donors (Lipinski definition) is 0. The van der Waals surface area contributed by atoms with Crippen molar-refractivity contribution in [3.05, 3.63) is 45.1 Å². The van der Waals surface area contributed by atoms with Gasteiger partial charge in [-0.15, -0.1) is 11.3 Å². The van der Waals surface area contributed by atoms with Gasteiger partial charge in [0.1, 0.15) is 17.1 Å². The molecule has 3 nitrogen and oxygen atoms in total. The van der Waals surface area contributed by atoms with Crippen LogP contribution >= 0.6 is 22.9 Å². The molecule has 19 heavy (non-hydrogen) atoms. The first kappa shape index (κ1) is 13.9. The Hall–Kier alpha value is -1.52. The highest BCUT2D eigenvalue weighted by atomic mass is 35.5. The van der Waals surface area contributed by atoms with Crippen molar-refractivity contribution in [2.45, 2.75) is 6.42 Å². The van der Waals surface area contributed by atoms with Crippen molar-refractivity contribution in [1.29, 1.82) is 0 Å². The minimum absolute atomic E-state index is 0.0483. The number of carbonyl (C=O) groups is 1. The summed E-state index contributed by atoms with van der Waals surface area (Å²) in [5.74, 6) is 0.992. The first-order valence-corrected chi connectivity index (χ1v) is 6.83. The van der Waals surface area contributed by atoms with Gasteiger partial charge in [0.2, 0.25) is 0 Å². The van der Waals surface area contributed by atoms with Crippen LogP contribution < -0.4 is 9.47 Å². The summed E-state index contributed by atoms with van der Waals surface area (Å²) in [4.78, 5) is 13.3. The van der Waals surface area contributed by atoms with E-state index < -0.39 is 0 Å². The van der Waals surface area contributed by atoms with Crippen LogP contribution in [0.1, 0.15) is 15.2 Å². The standard InChI is InChI=1S/C14H13ClO3S/c1-17-11-4-3-5-12(18-2)14(11)10(16)8-9-6-7-13(15)19-9/h3-7H,8H2,1-2H3. The average Bonchev–Trinajstić information content (AvgIpc) is 2.82. The molecule has 2 rings (SSSR count). The molecule has 5 heteroatoms. The highest BCUT2D eigenvalue weighted by molar-refractivity contribution is 7.16. The minimum Gasteiger partial charge on any atom is -0.496 e. The molecule has 0 spiro atoms. The predicted molar refractivity (Wildman–Crippen MR) is 76.9 cm³/mol. The third kappa shape index (κ3) is 3.08. The smallest absolute Gasteiger partial charge is 0.175 e. The quantitative estimate of drug-likeness (QED) is 0.786. The van der Waals surface area contributed by atoms with Gasteiger partial charge in [0.15, 0.2) is 5.78 Å². The second kappa shape index (κ2) is 6.08. The highest BCUT2D eigenvalue weighted by Crippen LogP contribution is 2.31. The van der Waals surface area contributed by atoms with E-state index in [-0.39, 0.29) is 12.2 Å². The van der Waals surface area contributed by atoms with Crippen molar-refractivity contribution < 1.29 is 14.3 Å². The lowest BCUT2D eigenvalue weighted by atomic mass is 10.1. The SMILES string of the molecule is COc1cccc(OC)c1C(=O)Cc1ccc(Cl)s1. The Morgan fingerprint density at radius 3 is 2.26 bits per heavy atom. The van der Waals surface area contributed by atoms with E-state index in [9.17, 15) is 4.79 Å². The lowest BCUT2D eigenvalue weighted by Gasteiger charge is -2.11. The average molecular weight is 297 g/mol. The minimum atomic E-state index is -0.0483. The van der Waals surface area contributed by atoms with Crippen molar-refractivity contribution in [1.82, 2.24) is 0 Å². The van der Waals surface area contributed by atoms with Gasteiger partial charge in [0.05, 0.1) is 18.6 Å². The van der Waals surface area contributed by atoms with Crippen LogP contribution in [0.15, 0.2) is 30.3 Å². The van der Waals surface area contributed by atoms with Crippen LogP contribution in [0, 0.1) is 0 Å². The van der Waals surface area contributed by atoms with Crippen molar-refractivity contribution >= 4 is 28.7 Å². The zero-order chi connectivity index (χ0) is 13.8. The van der Waals surface area contributed by atoms with Gasteiger partial charge in [-0.05, 0) is 24.3 Å². The Morgan fingerprint density at radius 1 is 1.16 bits per heavy atom. The number of ether oxygens (including phenoxy) is 2. The van der Waals surface area contributed by atoms with E-state index in [1.807, 2.05) is 6.07 Å². The monoisotopic (exact) mass is 296 g/mol. The van der Waals surface area contributed by atoms with Gasteiger partial charge in [-0.25, -0.2) is 0 Å². The molecule has 2 aromatic rings. The number of halogens is 1. The lowest BCUT2D eigenvalue weighted by molar-refractivity contribution is 0.0988. The van der Waals surface area contributed by atoms with E-state index in [1.54, 1.807) is 24.3 Å². The fourth-order valence-corrected chi connectivity index (χ4v) is 2.91. The number of methoxy groups -OCH3 is 2. The van der Waals surface area contributed by atoms with Gasteiger partial charge in [-0.3, -0.25) is 4.79 Å². The maximum absolute atomic E-state index is 12.4. The molecular formula is C14H13ClO3S. The summed E-state index contributed by atoms with van der Waals surface area (Å²) in [5.41, 5.74) is 0.469. The molecule has 0 radical (unpaired) electrons. The number of thiophene rings is 1. The Morgan fingerprint density at radius 2 is 1.79 bits per heavy atom. The van der Waals surface area contributed by atoms with Gasteiger partial charge in [0, 0.05) is 11.3 Å². The third-order valence-corrected chi connectivity index (χ3v) is 3.90. The molecule has 0 aliphatic heterocycles. The largest absolute Gasteiger partial charge is 0.496 e. The molecule has 0 bridgehead atoms. The van der Waals surface area contributed by atoms with Crippen LogP contribution in [0.2, 0.25) is 4.34 Å². The Bertz CT molecular complexity index is 570. The van der Waals surface area contributed by atoms with Crippen LogP contribution in [0.25, 0.3) is 0 Å². The van der Waals surface area contributed by atoms with Gasteiger partial charge in [-0.1, -0.05) is 17.7 Å². The van der Waals surface area contributed by atoms with Gasteiger partial charge >= 0.3 is 0 Å². The van der Waals surface area contributed by atoms with Gasteiger partial charge < -0.3 is 9.47 Å². The molecule has 1 heterocycles. The topological polar surface area (TPSA) is 35.5 Å². The molecule has 0 fully saturated rings. The molecule has 0 aliphatic rings. The number of hydrogen-bond acceptors (Lipinski definition) is 4. The normalized spacial score (nSPS) is 10.3. The molecule has 1 aromatic carbocycles. The van der Waals surface area contributed by atoms with E-state index in [0.29, 0.717) is 21.4 Å². The first-order chi connectivity index (χ1) is 9.15. The van der Waals surface area contributed by atoms with Crippen molar-refractivity contribution in [2.75, 3.05) is 14.2 Å². The summed E-state index contributed by atoms with van der Waals surface area (Å²) in [6.45, 7) is 0. The second-order valence-corrected chi connectivity index (χ2v) is 5.64. The van der Waals surface area contributed by atoms with E-state index >= 15 is 0 Å². The zero-order valence-electron chi connectivity index (χ0n) is 10.6. The molecule has 1 aromatic heterocycles. The summed E-state index contributed by atoms with van der Waals surface area (Å²) in [6, 6.07) is 8.92. The Kier molecular flexibility index (Phi) is 4.45. The number of ketones is 1. The molecule has 0 aliphatic carbocycles. The molecule has 0 amide bonds. The van der Waals surface area contributed by atoms with Gasteiger partial charge in [0.25, 0.3) is 0 Å². The molecule has 0 saturated heterocycles. The van der Waals surface area contributed by atoms with Gasteiger partial charge in [-0.2, -0.15) is 0 Å². The molecule has 100 valence electrons. The number of rotatable bonds is 5. The Balaban J connectivity index is 2.32. The van der Waals surface area contributed by atoms with E-state index in [0.717, 1.165) is 4.88 Å². The van der Waals surface area contributed by atoms with Crippen molar-refractivity contribution in [2.24, 2.45) is 0 Å². The molecular weight excluding hydrogens is 284 g/mol. The maximum Gasteiger partial charge on any atom is 0.175 e. The van der Waals surface area contributed by atoms with Crippen molar-refractivity contribution in [3.8, 4) is 11.5 Å². The van der Waals surface area contributed by atoms with Crippen molar-refractivity contribution in [3.63, 3.8) is 0 Å². The lowest BCUT2D eigenvalue weighted by Crippen LogP contribution is -2.07. The summed E-state index contributed by atoms with van der Waals surface area (Å²) < 4.78 is 11.1. The molecule has 0 saturated carbocycles. The molecule has 0 N–H and O–H groups in total. The first-order valence-electron chi connectivity index (χ1n) is 5.64.